The van der Waals surface area contributed by atoms with Crippen LogP contribution in [0.3, 0.4) is 0 Å². The molecule has 0 radical (unpaired) electrons. The Morgan fingerprint density at radius 1 is 1.04 bits per heavy atom. The van der Waals surface area contributed by atoms with Crippen molar-refractivity contribution >= 4 is 0 Å². The molecule has 3 rings (SSSR count). The number of benzene rings is 1. The van der Waals surface area contributed by atoms with Crippen molar-refractivity contribution in [2.75, 3.05) is 7.11 Å². The summed E-state index contributed by atoms with van der Waals surface area (Å²) in [5.41, 5.74) is 3.14. The monoisotopic (exact) mass is 342 g/mol. The van der Waals surface area contributed by atoms with Crippen molar-refractivity contribution in [1.29, 1.82) is 0 Å². The number of alkyl halides is 2. The van der Waals surface area contributed by atoms with Crippen LogP contribution < -0.4 is 9.47 Å². The minimum Gasteiger partial charge on any atom is -0.494 e. The van der Waals surface area contributed by atoms with E-state index in [0.717, 1.165) is 11.3 Å². The molecule has 0 aliphatic heterocycles. The third kappa shape index (κ3) is 4.29. The lowest BCUT2D eigenvalue weighted by atomic mass is 10.1. The summed E-state index contributed by atoms with van der Waals surface area (Å²) in [7, 11) is 1.54. The Labute approximate surface area is 144 Å². The molecule has 0 N–H and O–H groups in total. The molecule has 0 saturated carbocycles. The van der Waals surface area contributed by atoms with Crippen LogP contribution >= 0.6 is 0 Å². The van der Waals surface area contributed by atoms with Crippen molar-refractivity contribution in [2.45, 2.75) is 13.0 Å². The van der Waals surface area contributed by atoms with Crippen molar-refractivity contribution in [2.24, 2.45) is 0 Å². The number of halogens is 2. The summed E-state index contributed by atoms with van der Waals surface area (Å²) < 4.78 is 34.7. The maximum Gasteiger partial charge on any atom is 0.387 e. The van der Waals surface area contributed by atoms with Gasteiger partial charge in [-0.1, -0.05) is 12.1 Å². The van der Waals surface area contributed by atoms with Crippen molar-refractivity contribution < 1.29 is 18.3 Å². The minimum absolute atomic E-state index is 0.0795. The molecule has 0 saturated heterocycles. The smallest absolute Gasteiger partial charge is 0.387 e. The largest absolute Gasteiger partial charge is 0.494 e. The highest BCUT2D eigenvalue weighted by Gasteiger charge is 2.12. The van der Waals surface area contributed by atoms with E-state index in [1.807, 2.05) is 24.3 Å². The van der Waals surface area contributed by atoms with Gasteiger partial charge in [-0.25, -0.2) is 4.98 Å². The fourth-order valence-corrected chi connectivity index (χ4v) is 2.49. The summed E-state index contributed by atoms with van der Waals surface area (Å²) in [5.74, 6) is 0.642. The second-order valence-electron chi connectivity index (χ2n) is 5.29. The third-order valence-corrected chi connectivity index (χ3v) is 3.60. The number of methoxy groups -OCH3 is 1. The quantitative estimate of drug-likeness (QED) is 0.668. The first-order chi connectivity index (χ1) is 12.2. The molecule has 0 amide bonds. The van der Waals surface area contributed by atoms with Crippen LogP contribution in [0.15, 0.2) is 60.9 Å². The van der Waals surface area contributed by atoms with E-state index in [1.165, 1.54) is 12.1 Å². The Morgan fingerprint density at radius 3 is 2.56 bits per heavy atom. The zero-order valence-electron chi connectivity index (χ0n) is 13.5. The topological polar surface area (TPSA) is 44.2 Å². The summed E-state index contributed by atoms with van der Waals surface area (Å²) in [6, 6.07) is 14.0. The lowest BCUT2D eigenvalue weighted by molar-refractivity contribution is -0.0498. The molecule has 2 aromatic heterocycles. The molecular weight excluding hydrogens is 326 g/mol. The van der Waals surface area contributed by atoms with Gasteiger partial charge in [-0.15, -0.1) is 0 Å². The Kier molecular flexibility index (Phi) is 5.18. The van der Waals surface area contributed by atoms with Crippen LogP contribution in [-0.2, 0) is 6.42 Å². The van der Waals surface area contributed by atoms with Gasteiger partial charge >= 0.3 is 6.61 Å². The SMILES string of the molecule is COc1ccc(Cc2ccncc2)nc1-c1cccc(OC(F)F)c1. The van der Waals surface area contributed by atoms with Gasteiger partial charge in [-0.2, -0.15) is 8.78 Å². The van der Waals surface area contributed by atoms with Crippen molar-refractivity contribution in [3.63, 3.8) is 0 Å². The van der Waals surface area contributed by atoms with Crippen molar-refractivity contribution in [1.82, 2.24) is 9.97 Å². The number of nitrogens with zero attached hydrogens (tertiary/aromatic N) is 2. The van der Waals surface area contributed by atoms with Gasteiger partial charge in [0.25, 0.3) is 0 Å². The Balaban J connectivity index is 1.95. The highest BCUT2D eigenvalue weighted by atomic mass is 19.3. The first kappa shape index (κ1) is 16.8. The molecule has 128 valence electrons. The highest BCUT2D eigenvalue weighted by Crippen LogP contribution is 2.31. The molecule has 0 spiro atoms. The fourth-order valence-electron chi connectivity index (χ4n) is 2.49. The van der Waals surface area contributed by atoms with E-state index in [1.54, 1.807) is 31.6 Å². The minimum atomic E-state index is -2.87. The van der Waals surface area contributed by atoms with Gasteiger partial charge < -0.3 is 9.47 Å². The zero-order chi connectivity index (χ0) is 17.6. The van der Waals surface area contributed by atoms with Gasteiger partial charge in [-0.3, -0.25) is 4.98 Å². The van der Waals surface area contributed by atoms with Crippen LogP contribution in [-0.4, -0.2) is 23.7 Å². The molecule has 6 heteroatoms. The van der Waals surface area contributed by atoms with Gasteiger partial charge in [0.2, 0.25) is 0 Å². The summed E-state index contributed by atoms with van der Waals surface area (Å²) in [6.07, 6.45) is 4.09. The molecule has 1 aromatic carbocycles. The summed E-state index contributed by atoms with van der Waals surface area (Å²) in [6.45, 7) is -2.87. The molecule has 2 heterocycles. The molecule has 0 atom stereocenters. The normalized spacial score (nSPS) is 10.7. The van der Waals surface area contributed by atoms with Gasteiger partial charge in [0, 0.05) is 30.1 Å². The van der Waals surface area contributed by atoms with E-state index in [0.29, 0.717) is 23.4 Å². The lowest BCUT2D eigenvalue weighted by Gasteiger charge is -2.12. The van der Waals surface area contributed by atoms with E-state index in [-0.39, 0.29) is 5.75 Å². The Hall–Kier alpha value is -3.02. The third-order valence-electron chi connectivity index (χ3n) is 3.60. The van der Waals surface area contributed by atoms with Crippen molar-refractivity contribution in [3.8, 4) is 22.8 Å². The number of aromatic nitrogens is 2. The molecule has 3 aromatic rings. The first-order valence-corrected chi connectivity index (χ1v) is 7.64. The van der Waals surface area contributed by atoms with Crippen LogP contribution in [0.5, 0.6) is 11.5 Å². The van der Waals surface area contributed by atoms with Crippen LogP contribution in [0.1, 0.15) is 11.3 Å². The van der Waals surface area contributed by atoms with Crippen LogP contribution in [0, 0.1) is 0 Å². The average Bonchev–Trinajstić information content (AvgIpc) is 2.62. The molecular formula is C19H16F2N2O2. The molecule has 4 nitrogen and oxygen atoms in total. The first-order valence-electron chi connectivity index (χ1n) is 7.64. The molecule has 0 fully saturated rings. The standard InChI is InChI=1S/C19H16F2N2O2/c1-24-17-6-5-15(11-13-7-9-22-10-8-13)23-18(17)14-3-2-4-16(12-14)25-19(20)21/h2-10,12,19H,11H2,1H3. The van der Waals surface area contributed by atoms with E-state index in [4.69, 9.17) is 4.74 Å². The second-order valence-corrected chi connectivity index (χ2v) is 5.29. The maximum absolute atomic E-state index is 12.4. The van der Waals surface area contributed by atoms with Crippen LogP contribution in [0.4, 0.5) is 8.78 Å². The second kappa shape index (κ2) is 7.70. The van der Waals surface area contributed by atoms with E-state index >= 15 is 0 Å². The molecule has 0 aliphatic rings. The number of rotatable bonds is 6. The van der Waals surface area contributed by atoms with Gasteiger partial charge in [-0.05, 0) is 42.0 Å². The molecule has 0 unspecified atom stereocenters. The molecule has 0 bridgehead atoms. The maximum atomic E-state index is 12.4. The van der Waals surface area contributed by atoms with E-state index in [9.17, 15) is 8.78 Å². The fraction of sp³-hybridized carbons (Fsp3) is 0.158. The van der Waals surface area contributed by atoms with E-state index in [2.05, 4.69) is 14.7 Å². The summed E-state index contributed by atoms with van der Waals surface area (Å²) in [5, 5.41) is 0. The Bertz CT molecular complexity index is 842. The average molecular weight is 342 g/mol. The molecule has 25 heavy (non-hydrogen) atoms. The zero-order valence-corrected chi connectivity index (χ0v) is 13.5. The van der Waals surface area contributed by atoms with Gasteiger partial charge in [0.05, 0.1) is 7.11 Å². The van der Waals surface area contributed by atoms with Gasteiger partial charge in [0.15, 0.2) is 0 Å². The van der Waals surface area contributed by atoms with Crippen LogP contribution in [0.25, 0.3) is 11.3 Å². The van der Waals surface area contributed by atoms with Crippen LogP contribution in [0.2, 0.25) is 0 Å². The predicted octanol–water partition coefficient (Wildman–Crippen LogP) is 4.34. The lowest BCUT2D eigenvalue weighted by Crippen LogP contribution is -2.02. The number of hydrogen-bond donors (Lipinski definition) is 0. The van der Waals surface area contributed by atoms with Gasteiger partial charge in [0.1, 0.15) is 17.2 Å². The number of pyridine rings is 2. The number of ether oxygens (including phenoxy) is 2. The molecule has 0 aliphatic carbocycles. The van der Waals surface area contributed by atoms with E-state index < -0.39 is 6.61 Å². The summed E-state index contributed by atoms with van der Waals surface area (Å²) >= 11 is 0. The number of hydrogen-bond acceptors (Lipinski definition) is 4. The summed E-state index contributed by atoms with van der Waals surface area (Å²) in [4.78, 5) is 8.64. The Morgan fingerprint density at radius 2 is 1.84 bits per heavy atom. The highest BCUT2D eigenvalue weighted by molar-refractivity contribution is 5.68. The van der Waals surface area contributed by atoms with Crippen molar-refractivity contribution in [3.05, 3.63) is 72.2 Å². The predicted molar refractivity (Wildman–Crippen MR) is 89.9 cm³/mol.